The highest BCUT2D eigenvalue weighted by atomic mass is 19.4. The SMILES string of the molecule is COC(=O)CCCNc1ccccc1OC(F)(F)F. The van der Waals surface area contributed by atoms with E-state index in [1.54, 1.807) is 6.07 Å². The van der Waals surface area contributed by atoms with Crippen molar-refractivity contribution in [3.8, 4) is 5.75 Å². The minimum Gasteiger partial charge on any atom is -0.469 e. The van der Waals surface area contributed by atoms with Crippen molar-refractivity contribution in [1.29, 1.82) is 0 Å². The Balaban J connectivity index is 2.51. The van der Waals surface area contributed by atoms with Crippen LogP contribution in [0.4, 0.5) is 18.9 Å². The van der Waals surface area contributed by atoms with Crippen LogP contribution in [0.5, 0.6) is 5.75 Å². The molecule has 0 amide bonds. The molecule has 0 aliphatic rings. The van der Waals surface area contributed by atoms with Crippen molar-refractivity contribution in [1.82, 2.24) is 0 Å². The summed E-state index contributed by atoms with van der Waals surface area (Å²) < 4.78 is 44.8. The predicted molar refractivity (Wildman–Crippen MR) is 62.9 cm³/mol. The van der Waals surface area contributed by atoms with Gasteiger partial charge in [0.15, 0.2) is 5.75 Å². The van der Waals surface area contributed by atoms with Gasteiger partial charge in [0.2, 0.25) is 0 Å². The molecule has 19 heavy (non-hydrogen) atoms. The summed E-state index contributed by atoms with van der Waals surface area (Å²) in [5, 5.41) is 2.78. The number of methoxy groups -OCH3 is 1. The van der Waals surface area contributed by atoms with Gasteiger partial charge in [0.05, 0.1) is 12.8 Å². The molecule has 0 bridgehead atoms. The number of anilines is 1. The predicted octanol–water partition coefficient (Wildman–Crippen LogP) is 2.95. The number of hydrogen-bond acceptors (Lipinski definition) is 4. The van der Waals surface area contributed by atoms with E-state index in [9.17, 15) is 18.0 Å². The van der Waals surface area contributed by atoms with Gasteiger partial charge in [0, 0.05) is 13.0 Å². The molecule has 0 saturated carbocycles. The summed E-state index contributed by atoms with van der Waals surface area (Å²) in [6, 6.07) is 5.72. The molecule has 0 spiro atoms. The summed E-state index contributed by atoms with van der Waals surface area (Å²) in [7, 11) is 1.28. The Hall–Kier alpha value is -1.92. The monoisotopic (exact) mass is 277 g/mol. The van der Waals surface area contributed by atoms with Gasteiger partial charge in [0.25, 0.3) is 0 Å². The van der Waals surface area contributed by atoms with E-state index < -0.39 is 6.36 Å². The van der Waals surface area contributed by atoms with Gasteiger partial charge in [-0.1, -0.05) is 12.1 Å². The minimum absolute atomic E-state index is 0.200. The summed E-state index contributed by atoms with van der Waals surface area (Å²) in [5.41, 5.74) is 0.227. The molecule has 0 atom stereocenters. The average molecular weight is 277 g/mol. The molecular formula is C12H14F3NO3. The highest BCUT2D eigenvalue weighted by Crippen LogP contribution is 2.29. The topological polar surface area (TPSA) is 47.6 Å². The molecule has 7 heteroatoms. The Labute approximate surface area is 108 Å². The zero-order valence-corrected chi connectivity index (χ0v) is 10.3. The zero-order chi connectivity index (χ0) is 14.3. The second-order valence-corrected chi connectivity index (χ2v) is 3.65. The fraction of sp³-hybridized carbons (Fsp3) is 0.417. The number of rotatable bonds is 6. The first-order chi connectivity index (χ1) is 8.92. The van der Waals surface area contributed by atoms with Crippen LogP contribution < -0.4 is 10.1 Å². The Morgan fingerprint density at radius 3 is 2.63 bits per heavy atom. The lowest BCUT2D eigenvalue weighted by Gasteiger charge is -2.14. The lowest BCUT2D eigenvalue weighted by atomic mass is 10.2. The first kappa shape index (κ1) is 15.1. The standard InChI is InChI=1S/C12H14F3NO3/c1-18-11(17)7-4-8-16-9-5-2-3-6-10(9)19-12(13,14)15/h2-3,5-6,16H,4,7-8H2,1H3. The van der Waals surface area contributed by atoms with Crippen LogP contribution in [0, 0.1) is 0 Å². The molecule has 0 aromatic heterocycles. The molecule has 0 aliphatic heterocycles. The van der Waals surface area contributed by atoms with Crippen molar-refractivity contribution in [2.24, 2.45) is 0 Å². The van der Waals surface area contributed by atoms with Gasteiger partial charge in [0.1, 0.15) is 0 Å². The summed E-state index contributed by atoms with van der Waals surface area (Å²) in [5.74, 6) is -0.658. The van der Waals surface area contributed by atoms with Crippen LogP contribution in [0.2, 0.25) is 0 Å². The molecule has 4 nitrogen and oxygen atoms in total. The molecule has 0 heterocycles. The fourth-order valence-electron chi connectivity index (χ4n) is 1.38. The number of hydrogen-bond donors (Lipinski definition) is 1. The van der Waals surface area contributed by atoms with Crippen LogP contribution >= 0.6 is 0 Å². The van der Waals surface area contributed by atoms with Crippen LogP contribution in [-0.2, 0) is 9.53 Å². The number of ether oxygens (including phenoxy) is 2. The molecule has 0 aliphatic carbocycles. The highest BCUT2D eigenvalue weighted by Gasteiger charge is 2.31. The third-order valence-electron chi connectivity index (χ3n) is 2.21. The van der Waals surface area contributed by atoms with Crippen molar-refractivity contribution >= 4 is 11.7 Å². The fourth-order valence-corrected chi connectivity index (χ4v) is 1.38. The highest BCUT2D eigenvalue weighted by molar-refractivity contribution is 5.69. The summed E-state index contributed by atoms with van der Waals surface area (Å²) in [4.78, 5) is 10.9. The van der Waals surface area contributed by atoms with Crippen LogP contribution in [0.15, 0.2) is 24.3 Å². The lowest BCUT2D eigenvalue weighted by Crippen LogP contribution is -2.18. The Kier molecular flexibility index (Phi) is 5.47. The molecule has 1 N–H and O–H groups in total. The van der Waals surface area contributed by atoms with Gasteiger partial charge in [-0.05, 0) is 18.6 Å². The molecular weight excluding hydrogens is 263 g/mol. The summed E-state index contributed by atoms with van der Waals surface area (Å²) >= 11 is 0. The van der Waals surface area contributed by atoms with E-state index in [-0.39, 0.29) is 23.8 Å². The van der Waals surface area contributed by atoms with Crippen molar-refractivity contribution in [3.05, 3.63) is 24.3 Å². The van der Waals surface area contributed by atoms with Crippen molar-refractivity contribution in [3.63, 3.8) is 0 Å². The summed E-state index contributed by atoms with van der Waals surface area (Å²) in [6.45, 7) is 0.341. The first-order valence-electron chi connectivity index (χ1n) is 5.58. The second kappa shape index (κ2) is 6.86. The average Bonchev–Trinajstić information content (AvgIpc) is 2.34. The second-order valence-electron chi connectivity index (χ2n) is 3.65. The number of benzene rings is 1. The zero-order valence-electron chi connectivity index (χ0n) is 10.3. The number of carbonyl (C=O) groups is 1. The number of alkyl halides is 3. The number of carbonyl (C=O) groups excluding carboxylic acids is 1. The van der Waals surface area contributed by atoms with Crippen molar-refractivity contribution < 1.29 is 27.4 Å². The smallest absolute Gasteiger partial charge is 0.469 e. The van der Waals surface area contributed by atoms with E-state index in [4.69, 9.17) is 0 Å². The molecule has 0 unspecified atom stereocenters. The number of esters is 1. The third-order valence-corrected chi connectivity index (χ3v) is 2.21. The van der Waals surface area contributed by atoms with Gasteiger partial charge in [-0.2, -0.15) is 0 Å². The maximum Gasteiger partial charge on any atom is 0.573 e. The van der Waals surface area contributed by atoms with Crippen LogP contribution in [0.25, 0.3) is 0 Å². The van der Waals surface area contributed by atoms with Gasteiger partial charge in [-0.15, -0.1) is 13.2 Å². The number of para-hydroxylation sites is 2. The van der Waals surface area contributed by atoms with Crippen molar-refractivity contribution in [2.75, 3.05) is 19.0 Å². The third kappa shape index (κ3) is 5.98. The normalized spacial score (nSPS) is 10.9. The quantitative estimate of drug-likeness (QED) is 0.641. The maximum atomic E-state index is 12.2. The van der Waals surface area contributed by atoms with Crippen LogP contribution in [-0.4, -0.2) is 26.0 Å². The van der Waals surface area contributed by atoms with E-state index in [0.717, 1.165) is 0 Å². The van der Waals surface area contributed by atoms with Crippen molar-refractivity contribution in [2.45, 2.75) is 19.2 Å². The van der Waals surface area contributed by atoms with Gasteiger partial charge < -0.3 is 14.8 Å². The van der Waals surface area contributed by atoms with Gasteiger partial charge >= 0.3 is 12.3 Å². The molecule has 0 fully saturated rings. The Bertz CT molecular complexity index is 421. The van der Waals surface area contributed by atoms with E-state index >= 15 is 0 Å². The first-order valence-corrected chi connectivity index (χ1v) is 5.58. The van der Waals surface area contributed by atoms with Crippen LogP contribution in [0.1, 0.15) is 12.8 Å². The van der Waals surface area contributed by atoms with Crippen LogP contribution in [0.3, 0.4) is 0 Å². The minimum atomic E-state index is -4.73. The largest absolute Gasteiger partial charge is 0.573 e. The van der Waals surface area contributed by atoms with E-state index in [1.165, 1.54) is 25.3 Å². The maximum absolute atomic E-state index is 12.2. The van der Waals surface area contributed by atoms with E-state index in [1.807, 2.05) is 0 Å². The van der Waals surface area contributed by atoms with E-state index in [0.29, 0.717) is 13.0 Å². The molecule has 106 valence electrons. The summed E-state index contributed by atoms with van der Waals surface area (Å²) in [6.07, 6.45) is -4.08. The molecule has 0 radical (unpaired) electrons. The van der Waals surface area contributed by atoms with E-state index in [2.05, 4.69) is 14.8 Å². The number of halogens is 3. The Morgan fingerprint density at radius 1 is 1.32 bits per heavy atom. The molecule has 0 saturated heterocycles. The molecule has 1 aromatic carbocycles. The number of nitrogens with one attached hydrogen (secondary N) is 1. The Morgan fingerprint density at radius 2 is 2.00 bits per heavy atom. The lowest BCUT2D eigenvalue weighted by molar-refractivity contribution is -0.274. The molecule has 1 rings (SSSR count). The molecule has 1 aromatic rings. The van der Waals surface area contributed by atoms with Gasteiger partial charge in [-0.3, -0.25) is 4.79 Å². The van der Waals surface area contributed by atoms with Gasteiger partial charge in [-0.25, -0.2) is 0 Å².